The first-order valence-corrected chi connectivity index (χ1v) is 4.89. The van der Waals surface area contributed by atoms with Crippen LogP contribution in [-0.2, 0) is 9.53 Å². The number of ether oxygens (including phenoxy) is 1. The molecule has 0 bridgehead atoms. The van der Waals surface area contributed by atoms with Gasteiger partial charge in [-0.1, -0.05) is 0 Å². The number of aromatic nitrogens is 2. The molecule has 1 aromatic heterocycles. The number of H-pyrrole nitrogens is 1. The maximum absolute atomic E-state index is 11.6. The van der Waals surface area contributed by atoms with E-state index in [1.807, 2.05) is 6.07 Å². The van der Waals surface area contributed by atoms with Gasteiger partial charge in [-0.15, -0.1) is 0 Å². The van der Waals surface area contributed by atoms with Crippen molar-refractivity contribution in [2.45, 2.75) is 6.04 Å². The molecule has 3 N–H and O–H groups in total. The van der Waals surface area contributed by atoms with Crippen LogP contribution in [0.25, 0.3) is 0 Å². The van der Waals surface area contributed by atoms with Gasteiger partial charge in [0.2, 0.25) is 5.91 Å². The first-order chi connectivity index (χ1) is 7.33. The van der Waals surface area contributed by atoms with Crippen molar-refractivity contribution in [3.05, 3.63) is 18.0 Å². The Labute approximate surface area is 87.4 Å². The van der Waals surface area contributed by atoms with Crippen LogP contribution in [0, 0.1) is 0 Å². The molecule has 0 radical (unpaired) electrons. The van der Waals surface area contributed by atoms with Gasteiger partial charge in [0.1, 0.15) is 0 Å². The van der Waals surface area contributed by atoms with Crippen molar-refractivity contribution in [2.24, 2.45) is 5.73 Å². The van der Waals surface area contributed by atoms with Gasteiger partial charge >= 0.3 is 0 Å². The minimum Gasteiger partial charge on any atom is -0.377 e. The van der Waals surface area contributed by atoms with Gasteiger partial charge in [-0.2, -0.15) is 5.10 Å². The maximum atomic E-state index is 11.6. The minimum absolute atomic E-state index is 0.0324. The van der Waals surface area contributed by atoms with Gasteiger partial charge in [-0.3, -0.25) is 9.89 Å². The smallest absolute Gasteiger partial charge is 0.237 e. The molecule has 1 atom stereocenters. The lowest BCUT2D eigenvalue weighted by Gasteiger charge is -2.34. The average Bonchev–Trinajstić information content (AvgIpc) is 2.81. The van der Waals surface area contributed by atoms with E-state index in [1.54, 1.807) is 11.1 Å². The Kier molecular flexibility index (Phi) is 2.98. The largest absolute Gasteiger partial charge is 0.377 e. The maximum Gasteiger partial charge on any atom is 0.237 e. The van der Waals surface area contributed by atoms with Crippen LogP contribution < -0.4 is 5.73 Å². The second-order valence-corrected chi connectivity index (χ2v) is 3.39. The highest BCUT2D eigenvalue weighted by Crippen LogP contribution is 2.21. The van der Waals surface area contributed by atoms with Crippen LogP contribution in [0.4, 0.5) is 0 Å². The van der Waals surface area contributed by atoms with Gasteiger partial charge in [0.15, 0.2) is 0 Å². The molecule has 0 spiro atoms. The molecular formula is C9H14N4O2. The van der Waals surface area contributed by atoms with Crippen molar-refractivity contribution >= 4 is 5.91 Å². The summed E-state index contributed by atoms with van der Waals surface area (Å²) < 4.78 is 5.35. The van der Waals surface area contributed by atoms with E-state index in [4.69, 9.17) is 10.5 Å². The van der Waals surface area contributed by atoms with Gasteiger partial charge in [-0.05, 0) is 6.07 Å². The first-order valence-electron chi connectivity index (χ1n) is 4.89. The highest BCUT2D eigenvalue weighted by molar-refractivity contribution is 5.78. The predicted molar refractivity (Wildman–Crippen MR) is 52.9 cm³/mol. The number of amides is 1. The van der Waals surface area contributed by atoms with Crippen LogP contribution in [0.2, 0.25) is 0 Å². The zero-order valence-electron chi connectivity index (χ0n) is 8.35. The summed E-state index contributed by atoms with van der Waals surface area (Å²) in [5, 5.41) is 6.72. The third-order valence-corrected chi connectivity index (χ3v) is 2.50. The molecule has 0 aromatic carbocycles. The van der Waals surface area contributed by atoms with Crippen molar-refractivity contribution in [3.8, 4) is 0 Å². The average molecular weight is 210 g/mol. The Morgan fingerprint density at radius 2 is 2.67 bits per heavy atom. The molecule has 1 fully saturated rings. The molecule has 15 heavy (non-hydrogen) atoms. The summed E-state index contributed by atoms with van der Waals surface area (Å²) in [7, 11) is 0. The lowest BCUT2D eigenvalue weighted by atomic mass is 10.1. The third-order valence-electron chi connectivity index (χ3n) is 2.50. The number of hydrogen-bond donors (Lipinski definition) is 2. The number of nitrogens with zero attached hydrogens (tertiary/aromatic N) is 2. The lowest BCUT2D eigenvalue weighted by Crippen LogP contribution is -2.46. The fourth-order valence-corrected chi connectivity index (χ4v) is 1.73. The summed E-state index contributed by atoms with van der Waals surface area (Å²) in [5.74, 6) is -0.0575. The lowest BCUT2D eigenvalue weighted by molar-refractivity contribution is -0.138. The second-order valence-electron chi connectivity index (χ2n) is 3.39. The molecule has 1 aromatic rings. The molecule has 0 unspecified atom stereocenters. The fraction of sp³-hybridized carbons (Fsp3) is 0.556. The summed E-state index contributed by atoms with van der Waals surface area (Å²) >= 11 is 0. The number of morpholine rings is 1. The summed E-state index contributed by atoms with van der Waals surface area (Å²) in [4.78, 5) is 13.3. The van der Waals surface area contributed by atoms with Gasteiger partial charge in [0.05, 0.1) is 31.5 Å². The van der Waals surface area contributed by atoms with Crippen molar-refractivity contribution < 1.29 is 9.53 Å². The van der Waals surface area contributed by atoms with E-state index < -0.39 is 0 Å². The third kappa shape index (κ3) is 2.00. The number of carbonyl (C=O) groups is 1. The summed E-state index contributed by atoms with van der Waals surface area (Å²) in [6, 6.07) is 1.76. The number of carbonyl (C=O) groups excluding carboxylic acids is 1. The molecule has 82 valence electrons. The molecule has 1 amide bonds. The zero-order valence-corrected chi connectivity index (χ0v) is 8.35. The van der Waals surface area contributed by atoms with Gasteiger partial charge in [0.25, 0.3) is 0 Å². The Morgan fingerprint density at radius 1 is 1.80 bits per heavy atom. The Hall–Kier alpha value is -1.40. The van der Waals surface area contributed by atoms with Crippen LogP contribution in [0.1, 0.15) is 11.7 Å². The number of nitrogens with two attached hydrogens (primary N) is 1. The molecule has 0 saturated carbocycles. The Morgan fingerprint density at radius 3 is 3.33 bits per heavy atom. The van der Waals surface area contributed by atoms with Crippen molar-refractivity contribution in [2.75, 3.05) is 26.3 Å². The standard InChI is InChI=1S/C9H14N4O2/c10-5-9(14)13-3-4-15-6-8(13)7-1-2-11-12-7/h1-2,8H,3-6,10H2,(H,11,12)/t8-/m0/s1. The van der Waals surface area contributed by atoms with E-state index in [-0.39, 0.29) is 18.5 Å². The van der Waals surface area contributed by atoms with Crippen molar-refractivity contribution in [1.82, 2.24) is 15.1 Å². The fourth-order valence-electron chi connectivity index (χ4n) is 1.73. The molecular weight excluding hydrogens is 196 g/mol. The summed E-state index contributed by atoms with van der Waals surface area (Å²) in [6.45, 7) is 1.68. The number of nitrogens with one attached hydrogen (secondary N) is 1. The molecule has 1 aliphatic rings. The number of aromatic amines is 1. The van der Waals surface area contributed by atoms with Crippen LogP contribution in [0.5, 0.6) is 0 Å². The minimum atomic E-state index is -0.0858. The molecule has 1 aliphatic heterocycles. The van der Waals surface area contributed by atoms with E-state index >= 15 is 0 Å². The highest BCUT2D eigenvalue weighted by Gasteiger charge is 2.28. The summed E-state index contributed by atoms with van der Waals surface area (Å²) in [5.41, 5.74) is 6.25. The predicted octanol–water partition coefficient (Wildman–Crippen LogP) is -0.732. The van der Waals surface area contributed by atoms with Gasteiger partial charge < -0.3 is 15.4 Å². The van der Waals surface area contributed by atoms with E-state index in [1.165, 1.54) is 0 Å². The Bertz CT molecular complexity index is 325. The monoisotopic (exact) mass is 210 g/mol. The molecule has 2 rings (SSSR count). The summed E-state index contributed by atoms with van der Waals surface area (Å²) in [6.07, 6.45) is 1.66. The number of hydrogen-bond acceptors (Lipinski definition) is 4. The van der Waals surface area contributed by atoms with Gasteiger partial charge in [0, 0.05) is 12.7 Å². The molecule has 6 nitrogen and oxygen atoms in total. The van der Waals surface area contributed by atoms with Crippen molar-refractivity contribution in [1.29, 1.82) is 0 Å². The normalized spacial score (nSPS) is 21.7. The second kappa shape index (κ2) is 4.41. The van der Waals surface area contributed by atoms with E-state index in [0.717, 1.165) is 5.69 Å². The quantitative estimate of drug-likeness (QED) is 0.674. The van der Waals surface area contributed by atoms with Crippen LogP contribution in [0.15, 0.2) is 12.3 Å². The Balaban J connectivity index is 2.16. The van der Waals surface area contributed by atoms with Crippen molar-refractivity contribution in [3.63, 3.8) is 0 Å². The van der Waals surface area contributed by atoms with Crippen LogP contribution in [-0.4, -0.2) is 47.3 Å². The molecule has 6 heteroatoms. The van der Waals surface area contributed by atoms with E-state index in [0.29, 0.717) is 19.8 Å². The van der Waals surface area contributed by atoms with Crippen LogP contribution in [0.3, 0.4) is 0 Å². The zero-order chi connectivity index (χ0) is 10.7. The number of rotatable bonds is 2. The van der Waals surface area contributed by atoms with Crippen LogP contribution >= 0.6 is 0 Å². The molecule has 1 saturated heterocycles. The SMILES string of the molecule is NCC(=O)N1CCOC[C@H]1c1ccn[nH]1. The van der Waals surface area contributed by atoms with Gasteiger partial charge in [-0.25, -0.2) is 0 Å². The van der Waals surface area contributed by atoms with E-state index in [2.05, 4.69) is 10.2 Å². The highest BCUT2D eigenvalue weighted by atomic mass is 16.5. The first kappa shape index (κ1) is 10.1. The molecule has 2 heterocycles. The molecule has 0 aliphatic carbocycles. The van der Waals surface area contributed by atoms with E-state index in [9.17, 15) is 4.79 Å². The topological polar surface area (TPSA) is 84.2 Å².